The van der Waals surface area contributed by atoms with E-state index < -0.39 is 0 Å². The lowest BCUT2D eigenvalue weighted by atomic mass is 10.1. The van der Waals surface area contributed by atoms with Gasteiger partial charge >= 0.3 is 0 Å². The van der Waals surface area contributed by atoms with Crippen molar-refractivity contribution in [2.45, 2.75) is 26.8 Å². The van der Waals surface area contributed by atoms with Crippen molar-refractivity contribution in [3.63, 3.8) is 0 Å². The van der Waals surface area contributed by atoms with Crippen LogP contribution >= 0.6 is 0 Å². The number of anilines is 1. The maximum Gasteiger partial charge on any atom is 0.290 e. The number of nitrogens with zero attached hydrogens (tertiary/aromatic N) is 1. The number of hydrogen-bond acceptors (Lipinski definition) is 2. The van der Waals surface area contributed by atoms with Gasteiger partial charge < -0.3 is 10.6 Å². The lowest BCUT2D eigenvalue weighted by molar-refractivity contribution is -0.684. The lowest BCUT2D eigenvalue weighted by Gasteiger charge is -2.10. The molecule has 2 N–H and O–H groups in total. The van der Waals surface area contributed by atoms with Gasteiger partial charge in [-0.15, -0.1) is 0 Å². The van der Waals surface area contributed by atoms with Crippen molar-refractivity contribution < 1.29 is 14.2 Å². The van der Waals surface area contributed by atoms with Crippen LogP contribution in [0.25, 0.3) is 0 Å². The van der Waals surface area contributed by atoms with E-state index in [1.165, 1.54) is 0 Å². The van der Waals surface area contributed by atoms with Crippen LogP contribution in [0.3, 0.4) is 0 Å². The number of amides is 2. The van der Waals surface area contributed by atoms with Crippen LogP contribution in [0.15, 0.2) is 42.7 Å². The van der Waals surface area contributed by atoms with Gasteiger partial charge in [-0.2, -0.15) is 4.57 Å². The number of para-hydroxylation sites is 1. The molecular weight excluding hydrogens is 290 g/mol. The van der Waals surface area contributed by atoms with Crippen LogP contribution in [-0.2, 0) is 22.6 Å². The van der Waals surface area contributed by atoms with Crippen LogP contribution in [0, 0.1) is 13.8 Å². The molecule has 0 unspecified atom stereocenters. The predicted molar refractivity (Wildman–Crippen MR) is 89.0 cm³/mol. The van der Waals surface area contributed by atoms with Crippen LogP contribution in [-0.4, -0.2) is 18.9 Å². The third-order valence-corrected chi connectivity index (χ3v) is 3.63. The number of carbonyl (C=O) groups is 2. The molecule has 0 radical (unpaired) electrons. The van der Waals surface area contributed by atoms with Crippen LogP contribution in [0.4, 0.5) is 5.69 Å². The van der Waals surface area contributed by atoms with Crippen molar-refractivity contribution in [3.8, 4) is 0 Å². The molecule has 0 aliphatic carbocycles. The zero-order chi connectivity index (χ0) is 16.8. The standard InChI is InChI=1S/C18H21N3O2/c1-13-6-4-7-14(2)18(13)20-17(23)12-21-9-5-8-15(11-21)10-16(22)19-3/h4-9,11H,10,12H2,1-3H3,(H-,19,20,22,23)/p+1. The summed E-state index contributed by atoms with van der Waals surface area (Å²) < 4.78 is 1.78. The summed E-state index contributed by atoms with van der Waals surface area (Å²) in [6.07, 6.45) is 3.94. The largest absolute Gasteiger partial charge is 0.359 e. The fourth-order valence-corrected chi connectivity index (χ4v) is 2.41. The van der Waals surface area contributed by atoms with Gasteiger partial charge in [0, 0.05) is 24.4 Å². The SMILES string of the molecule is CNC(=O)Cc1ccc[n+](CC(=O)Nc2c(C)cccc2C)c1. The van der Waals surface area contributed by atoms with E-state index in [2.05, 4.69) is 10.6 Å². The number of hydrogen-bond donors (Lipinski definition) is 2. The molecule has 0 fully saturated rings. The van der Waals surface area contributed by atoms with Crippen molar-refractivity contribution in [3.05, 3.63) is 59.4 Å². The van der Waals surface area contributed by atoms with Crippen LogP contribution in [0.1, 0.15) is 16.7 Å². The van der Waals surface area contributed by atoms with Crippen molar-refractivity contribution in [1.82, 2.24) is 5.32 Å². The summed E-state index contributed by atoms with van der Waals surface area (Å²) in [6, 6.07) is 9.62. The first-order valence-electron chi connectivity index (χ1n) is 7.54. The maximum atomic E-state index is 12.3. The highest BCUT2D eigenvalue weighted by Crippen LogP contribution is 2.19. The number of aromatic nitrogens is 1. The number of aryl methyl sites for hydroxylation is 2. The average molecular weight is 312 g/mol. The second kappa shape index (κ2) is 7.54. The molecule has 0 aliphatic rings. The fraction of sp³-hybridized carbons (Fsp3) is 0.278. The Morgan fingerprint density at radius 1 is 1.04 bits per heavy atom. The van der Waals surface area contributed by atoms with Crippen molar-refractivity contribution >= 4 is 17.5 Å². The Bertz CT molecular complexity index is 706. The molecule has 120 valence electrons. The molecule has 0 aliphatic heterocycles. The number of carbonyl (C=O) groups excluding carboxylic acids is 2. The van der Waals surface area contributed by atoms with E-state index in [-0.39, 0.29) is 18.4 Å². The molecule has 5 nitrogen and oxygen atoms in total. The highest BCUT2D eigenvalue weighted by molar-refractivity contribution is 5.91. The summed E-state index contributed by atoms with van der Waals surface area (Å²) in [5.74, 6) is -0.146. The molecule has 2 rings (SSSR count). The minimum absolute atomic E-state index is 0.0530. The Kier molecular flexibility index (Phi) is 5.46. The van der Waals surface area contributed by atoms with Gasteiger partial charge in [-0.1, -0.05) is 18.2 Å². The van der Waals surface area contributed by atoms with Gasteiger partial charge in [-0.05, 0) is 31.0 Å². The number of rotatable bonds is 5. The molecule has 0 bridgehead atoms. The molecule has 23 heavy (non-hydrogen) atoms. The molecular formula is C18H22N3O2+. The number of likely N-dealkylation sites (N-methyl/N-ethyl adjacent to an activating group) is 1. The summed E-state index contributed by atoms with van der Waals surface area (Å²) in [5, 5.41) is 5.55. The Morgan fingerprint density at radius 2 is 1.74 bits per heavy atom. The van der Waals surface area contributed by atoms with Gasteiger partial charge in [0.05, 0.1) is 6.42 Å². The highest BCUT2D eigenvalue weighted by Gasteiger charge is 2.13. The normalized spacial score (nSPS) is 10.2. The van der Waals surface area contributed by atoms with E-state index in [1.807, 2.05) is 56.6 Å². The fourth-order valence-electron chi connectivity index (χ4n) is 2.41. The summed E-state index contributed by atoms with van der Waals surface area (Å²) >= 11 is 0. The molecule has 1 aromatic heterocycles. The van der Waals surface area contributed by atoms with Gasteiger partial charge in [0.15, 0.2) is 12.4 Å². The van der Waals surface area contributed by atoms with Gasteiger partial charge in [0.25, 0.3) is 5.91 Å². The number of benzene rings is 1. The summed E-state index contributed by atoms with van der Waals surface area (Å²) in [7, 11) is 1.61. The number of pyridine rings is 1. The average Bonchev–Trinajstić information content (AvgIpc) is 2.51. The molecule has 2 aromatic rings. The highest BCUT2D eigenvalue weighted by atomic mass is 16.2. The molecule has 2 amide bonds. The Labute approximate surface area is 136 Å². The molecule has 0 atom stereocenters. The van der Waals surface area contributed by atoms with Gasteiger partial charge in [-0.25, -0.2) is 0 Å². The van der Waals surface area contributed by atoms with E-state index in [4.69, 9.17) is 0 Å². The quantitative estimate of drug-likeness (QED) is 0.822. The monoisotopic (exact) mass is 312 g/mol. The first-order valence-corrected chi connectivity index (χ1v) is 7.54. The molecule has 0 saturated heterocycles. The zero-order valence-electron chi connectivity index (χ0n) is 13.7. The van der Waals surface area contributed by atoms with Gasteiger partial charge in [0.1, 0.15) is 0 Å². The third-order valence-electron chi connectivity index (χ3n) is 3.63. The molecule has 1 aromatic carbocycles. The van der Waals surface area contributed by atoms with Crippen LogP contribution in [0.5, 0.6) is 0 Å². The third kappa shape index (κ3) is 4.64. The summed E-state index contributed by atoms with van der Waals surface area (Å²) in [4.78, 5) is 23.7. The molecule has 1 heterocycles. The maximum absolute atomic E-state index is 12.3. The molecule has 0 saturated carbocycles. The van der Waals surface area contributed by atoms with E-state index in [1.54, 1.807) is 11.6 Å². The minimum atomic E-state index is -0.0931. The second-order valence-electron chi connectivity index (χ2n) is 5.55. The Hall–Kier alpha value is -2.69. The Balaban J connectivity index is 2.06. The second-order valence-corrected chi connectivity index (χ2v) is 5.55. The summed E-state index contributed by atoms with van der Waals surface area (Å²) in [5.41, 5.74) is 3.81. The first-order chi connectivity index (χ1) is 11.0. The van der Waals surface area contributed by atoms with Crippen molar-refractivity contribution in [1.29, 1.82) is 0 Å². The van der Waals surface area contributed by atoms with Crippen molar-refractivity contribution in [2.75, 3.05) is 12.4 Å². The number of nitrogens with one attached hydrogen (secondary N) is 2. The Morgan fingerprint density at radius 3 is 2.39 bits per heavy atom. The predicted octanol–water partition coefficient (Wildman–Crippen LogP) is 1.52. The molecule has 0 spiro atoms. The lowest BCUT2D eigenvalue weighted by Crippen LogP contribution is -2.40. The van der Waals surface area contributed by atoms with E-state index in [0.717, 1.165) is 22.4 Å². The zero-order valence-corrected chi connectivity index (χ0v) is 13.7. The van der Waals surface area contributed by atoms with Crippen LogP contribution < -0.4 is 15.2 Å². The first kappa shape index (κ1) is 16.7. The smallest absolute Gasteiger partial charge is 0.290 e. The van der Waals surface area contributed by atoms with Gasteiger partial charge in [-0.3, -0.25) is 9.59 Å². The van der Waals surface area contributed by atoms with E-state index in [9.17, 15) is 9.59 Å². The van der Waals surface area contributed by atoms with Crippen LogP contribution in [0.2, 0.25) is 0 Å². The van der Waals surface area contributed by atoms with Gasteiger partial charge in [0.2, 0.25) is 12.5 Å². The van der Waals surface area contributed by atoms with E-state index >= 15 is 0 Å². The van der Waals surface area contributed by atoms with E-state index in [0.29, 0.717) is 6.42 Å². The van der Waals surface area contributed by atoms with Crippen molar-refractivity contribution in [2.24, 2.45) is 0 Å². The minimum Gasteiger partial charge on any atom is -0.359 e. The molecule has 5 heteroatoms. The summed E-state index contributed by atoms with van der Waals surface area (Å²) in [6.45, 7) is 4.15. The topological polar surface area (TPSA) is 62.1 Å².